The molecule has 1 heterocycles. The Kier molecular flexibility index (Phi) is 8.46. The second-order valence-corrected chi connectivity index (χ2v) is 9.47. The molecule has 0 fully saturated rings. The number of esters is 1. The molecule has 0 bridgehead atoms. The Morgan fingerprint density at radius 2 is 1.70 bits per heavy atom. The molecule has 4 rings (SSSR count). The van der Waals surface area contributed by atoms with Crippen LogP contribution in [0.1, 0.15) is 29.5 Å². The highest BCUT2D eigenvalue weighted by Crippen LogP contribution is 2.38. The number of amides is 1. The van der Waals surface area contributed by atoms with Crippen LogP contribution in [0, 0.1) is 0 Å². The standard InChI is InChI=1S/C30H34N2O5/c1-21(33)37-29-27(23-10-12-25(35-4)13-11-23)19-24-18-26(36-20-22-8-6-5-7-9-22)14-15-28(24)32(30(29)34)17-16-31(2)3/h5-15,18,27,29H,16-17,19-20H2,1-4H3/t27-,29+/m1/s1. The number of hydrogen-bond acceptors (Lipinski definition) is 6. The van der Waals surface area contributed by atoms with Crippen LogP contribution in [0.5, 0.6) is 11.5 Å². The lowest BCUT2D eigenvalue weighted by atomic mass is 9.87. The zero-order valence-electron chi connectivity index (χ0n) is 21.8. The molecule has 1 aliphatic rings. The van der Waals surface area contributed by atoms with Gasteiger partial charge < -0.3 is 24.0 Å². The van der Waals surface area contributed by atoms with E-state index in [0.29, 0.717) is 26.1 Å². The number of ether oxygens (including phenoxy) is 3. The number of benzene rings is 3. The molecule has 2 atom stereocenters. The molecule has 1 aliphatic heterocycles. The van der Waals surface area contributed by atoms with Gasteiger partial charge in [-0.05, 0) is 67.5 Å². The molecular weight excluding hydrogens is 468 g/mol. The summed E-state index contributed by atoms with van der Waals surface area (Å²) >= 11 is 0. The number of methoxy groups -OCH3 is 1. The fourth-order valence-corrected chi connectivity index (χ4v) is 4.59. The van der Waals surface area contributed by atoms with E-state index < -0.39 is 12.1 Å². The Balaban J connectivity index is 1.73. The largest absolute Gasteiger partial charge is 0.497 e. The van der Waals surface area contributed by atoms with E-state index in [1.807, 2.05) is 91.8 Å². The fraction of sp³-hybridized carbons (Fsp3) is 0.333. The number of rotatable bonds is 9. The van der Waals surface area contributed by atoms with Crippen molar-refractivity contribution < 1.29 is 23.8 Å². The van der Waals surface area contributed by atoms with Gasteiger partial charge in [0.15, 0.2) is 6.10 Å². The van der Waals surface area contributed by atoms with Crippen LogP contribution in [0.2, 0.25) is 0 Å². The number of carbonyl (C=O) groups is 2. The van der Waals surface area contributed by atoms with Gasteiger partial charge in [0.05, 0.1) is 7.11 Å². The molecule has 0 spiro atoms. The van der Waals surface area contributed by atoms with Crippen molar-refractivity contribution >= 4 is 17.6 Å². The van der Waals surface area contributed by atoms with Crippen molar-refractivity contribution in [1.29, 1.82) is 0 Å². The second kappa shape index (κ2) is 11.9. The molecule has 3 aromatic carbocycles. The lowest BCUT2D eigenvalue weighted by Crippen LogP contribution is -2.45. The van der Waals surface area contributed by atoms with Crippen LogP contribution in [-0.2, 0) is 27.4 Å². The van der Waals surface area contributed by atoms with Crippen LogP contribution in [-0.4, -0.2) is 57.2 Å². The van der Waals surface area contributed by atoms with E-state index in [2.05, 4.69) is 0 Å². The number of anilines is 1. The third-order valence-electron chi connectivity index (χ3n) is 6.51. The molecule has 0 radical (unpaired) electrons. The van der Waals surface area contributed by atoms with Crippen LogP contribution >= 0.6 is 0 Å². The number of hydrogen-bond donors (Lipinski definition) is 0. The van der Waals surface area contributed by atoms with E-state index in [1.165, 1.54) is 6.92 Å². The van der Waals surface area contributed by atoms with Crippen molar-refractivity contribution in [3.8, 4) is 11.5 Å². The van der Waals surface area contributed by atoms with Crippen LogP contribution in [0.25, 0.3) is 0 Å². The predicted octanol–water partition coefficient (Wildman–Crippen LogP) is 4.44. The van der Waals surface area contributed by atoms with Crippen LogP contribution < -0.4 is 14.4 Å². The van der Waals surface area contributed by atoms with Gasteiger partial charge in [-0.1, -0.05) is 42.5 Å². The van der Waals surface area contributed by atoms with Gasteiger partial charge in [0.2, 0.25) is 0 Å². The van der Waals surface area contributed by atoms with Crippen molar-refractivity contribution in [3.05, 3.63) is 89.5 Å². The first-order valence-electron chi connectivity index (χ1n) is 12.4. The normalized spacial score (nSPS) is 17.2. The molecule has 7 nitrogen and oxygen atoms in total. The maximum atomic E-state index is 13.9. The molecule has 0 aromatic heterocycles. The molecule has 7 heteroatoms. The minimum atomic E-state index is -0.950. The summed E-state index contributed by atoms with van der Waals surface area (Å²) in [5, 5.41) is 0. The lowest BCUT2D eigenvalue weighted by Gasteiger charge is -2.29. The van der Waals surface area contributed by atoms with Crippen LogP contribution in [0.4, 0.5) is 5.69 Å². The summed E-state index contributed by atoms with van der Waals surface area (Å²) in [5.74, 6) is 0.367. The van der Waals surface area contributed by atoms with Crippen molar-refractivity contribution in [2.75, 3.05) is 39.2 Å². The fourth-order valence-electron chi connectivity index (χ4n) is 4.59. The monoisotopic (exact) mass is 502 g/mol. The van der Waals surface area contributed by atoms with Crippen molar-refractivity contribution in [1.82, 2.24) is 4.90 Å². The highest BCUT2D eigenvalue weighted by atomic mass is 16.5. The van der Waals surface area contributed by atoms with E-state index in [-0.39, 0.29) is 11.8 Å². The Morgan fingerprint density at radius 1 is 1.00 bits per heavy atom. The first kappa shape index (κ1) is 26.2. The van der Waals surface area contributed by atoms with Crippen molar-refractivity contribution in [3.63, 3.8) is 0 Å². The quantitative estimate of drug-likeness (QED) is 0.403. The highest BCUT2D eigenvalue weighted by molar-refractivity contribution is 6.00. The SMILES string of the molecule is COc1ccc([C@H]2Cc3cc(OCc4ccccc4)ccc3N(CCN(C)C)C(=O)[C@H]2OC(C)=O)cc1. The number of nitrogens with zero attached hydrogens (tertiary/aromatic N) is 2. The maximum Gasteiger partial charge on any atom is 0.303 e. The Hall–Kier alpha value is -3.84. The molecule has 194 valence electrons. The first-order chi connectivity index (χ1) is 17.9. The molecule has 0 saturated heterocycles. The second-order valence-electron chi connectivity index (χ2n) is 9.47. The Morgan fingerprint density at radius 3 is 2.35 bits per heavy atom. The molecule has 1 amide bonds. The summed E-state index contributed by atoms with van der Waals surface area (Å²) in [6, 6.07) is 23.4. The van der Waals surface area contributed by atoms with Gasteiger partial charge in [-0.25, -0.2) is 0 Å². The maximum absolute atomic E-state index is 13.9. The van der Waals surface area contributed by atoms with Crippen LogP contribution in [0.15, 0.2) is 72.8 Å². The van der Waals surface area contributed by atoms with Crippen molar-refractivity contribution in [2.24, 2.45) is 0 Å². The highest BCUT2D eigenvalue weighted by Gasteiger charge is 2.40. The number of carbonyl (C=O) groups excluding carboxylic acids is 2. The van der Waals surface area contributed by atoms with Gasteiger partial charge in [-0.15, -0.1) is 0 Å². The molecule has 0 unspecified atom stereocenters. The minimum absolute atomic E-state index is 0.227. The van der Waals surface area contributed by atoms with Crippen LogP contribution in [0.3, 0.4) is 0 Å². The molecule has 0 saturated carbocycles. The summed E-state index contributed by atoms with van der Waals surface area (Å²) in [5.41, 5.74) is 3.75. The average Bonchev–Trinajstić information content (AvgIpc) is 3.00. The topological polar surface area (TPSA) is 68.3 Å². The summed E-state index contributed by atoms with van der Waals surface area (Å²) in [4.78, 5) is 29.8. The lowest BCUT2D eigenvalue weighted by molar-refractivity contribution is -0.154. The van der Waals surface area contributed by atoms with Gasteiger partial charge in [0.25, 0.3) is 5.91 Å². The van der Waals surface area contributed by atoms with E-state index in [1.54, 1.807) is 12.0 Å². The van der Waals surface area contributed by atoms with Gasteiger partial charge in [-0.3, -0.25) is 9.59 Å². The third kappa shape index (κ3) is 6.49. The van der Waals surface area contributed by atoms with E-state index >= 15 is 0 Å². The minimum Gasteiger partial charge on any atom is -0.497 e. The first-order valence-corrected chi connectivity index (χ1v) is 12.4. The predicted molar refractivity (Wildman–Crippen MR) is 143 cm³/mol. The zero-order chi connectivity index (χ0) is 26.4. The van der Waals surface area contributed by atoms with Gasteiger partial charge in [-0.2, -0.15) is 0 Å². The summed E-state index contributed by atoms with van der Waals surface area (Å²) in [6.45, 7) is 2.92. The molecule has 0 aliphatic carbocycles. The number of fused-ring (bicyclic) bond motifs is 1. The Labute approximate surface area is 218 Å². The van der Waals surface area contributed by atoms with E-state index in [9.17, 15) is 9.59 Å². The van der Waals surface area contributed by atoms with E-state index in [0.717, 1.165) is 33.9 Å². The summed E-state index contributed by atoms with van der Waals surface area (Å²) < 4.78 is 17.1. The summed E-state index contributed by atoms with van der Waals surface area (Å²) in [7, 11) is 5.54. The molecular formula is C30H34N2O5. The smallest absolute Gasteiger partial charge is 0.303 e. The molecule has 3 aromatic rings. The third-order valence-corrected chi connectivity index (χ3v) is 6.51. The van der Waals surface area contributed by atoms with Gasteiger partial charge in [0.1, 0.15) is 18.1 Å². The van der Waals surface area contributed by atoms with Gasteiger partial charge >= 0.3 is 5.97 Å². The van der Waals surface area contributed by atoms with Crippen molar-refractivity contribution in [2.45, 2.75) is 32.0 Å². The molecule has 37 heavy (non-hydrogen) atoms. The van der Waals surface area contributed by atoms with E-state index in [4.69, 9.17) is 14.2 Å². The zero-order valence-corrected chi connectivity index (χ0v) is 21.8. The summed E-state index contributed by atoms with van der Waals surface area (Å²) in [6.07, 6.45) is -0.444. The number of likely N-dealkylation sites (N-methyl/N-ethyl adjacent to an activating group) is 1. The average molecular weight is 503 g/mol. The molecule has 0 N–H and O–H groups in total. The Bertz CT molecular complexity index is 1210. The van der Waals surface area contributed by atoms with Gasteiger partial charge in [0, 0.05) is 31.6 Å².